The Hall–Kier alpha value is 0.610. The van der Waals surface area contributed by atoms with Crippen LogP contribution in [0.25, 0.3) is 0 Å². The van der Waals surface area contributed by atoms with Gasteiger partial charge in [-0.3, -0.25) is 4.90 Å². The average Bonchev–Trinajstić information content (AvgIpc) is 2.37. The molecule has 4 heteroatoms. The molecule has 0 unspecified atom stereocenters. The first-order valence-corrected chi connectivity index (χ1v) is 8.93. The molecule has 0 aromatic heterocycles. The Kier molecular flexibility index (Phi) is 4.42. The van der Waals surface area contributed by atoms with Crippen LogP contribution in [-0.4, -0.2) is 64.3 Å². The maximum Gasteiger partial charge on any atom is 0.0201 e. The summed E-state index contributed by atoms with van der Waals surface area (Å²) in [6.45, 7) is 12.7. The van der Waals surface area contributed by atoms with Gasteiger partial charge in [-0.1, -0.05) is 0 Å². The maximum atomic E-state index is 2.80. The maximum absolute atomic E-state index is 2.80. The summed E-state index contributed by atoms with van der Waals surface area (Å²) >= 11 is 2.48. The Labute approximate surface area is 132 Å². The molecular formula is C15H28IN3. The van der Waals surface area contributed by atoms with Gasteiger partial charge in [0.1, 0.15) is 0 Å². The summed E-state index contributed by atoms with van der Waals surface area (Å²) in [6.07, 6.45) is 5.66. The zero-order valence-corrected chi connectivity index (χ0v) is 14.6. The molecule has 3 saturated heterocycles. The molecule has 3 aliphatic rings. The second-order valence-corrected chi connectivity index (χ2v) is 8.54. The molecule has 0 aromatic rings. The van der Waals surface area contributed by atoms with E-state index in [1.165, 1.54) is 65.0 Å². The molecule has 0 aromatic carbocycles. The average molecular weight is 377 g/mol. The first-order chi connectivity index (χ1) is 9.08. The van der Waals surface area contributed by atoms with Gasteiger partial charge < -0.3 is 4.90 Å². The van der Waals surface area contributed by atoms with E-state index in [4.69, 9.17) is 0 Å². The van der Waals surface area contributed by atoms with E-state index in [0.29, 0.717) is 5.41 Å². The van der Waals surface area contributed by atoms with Gasteiger partial charge in [0.15, 0.2) is 0 Å². The highest BCUT2D eigenvalue weighted by atomic mass is 127. The summed E-state index contributed by atoms with van der Waals surface area (Å²) in [4.78, 5) is 5.44. The number of likely N-dealkylation sites (tertiary alicyclic amines) is 2. The van der Waals surface area contributed by atoms with Crippen molar-refractivity contribution in [3.8, 4) is 0 Å². The van der Waals surface area contributed by atoms with Gasteiger partial charge in [-0.2, -0.15) is 0 Å². The highest BCUT2D eigenvalue weighted by Crippen LogP contribution is 2.42. The van der Waals surface area contributed by atoms with E-state index in [-0.39, 0.29) is 0 Å². The number of halogens is 1. The summed E-state index contributed by atoms with van der Waals surface area (Å²) in [7, 11) is 0. The van der Waals surface area contributed by atoms with Crippen LogP contribution in [0.2, 0.25) is 0 Å². The Morgan fingerprint density at radius 3 is 2.11 bits per heavy atom. The van der Waals surface area contributed by atoms with Crippen molar-refractivity contribution in [3.63, 3.8) is 0 Å². The van der Waals surface area contributed by atoms with Gasteiger partial charge in [-0.05, 0) is 58.0 Å². The summed E-state index contributed by atoms with van der Waals surface area (Å²) in [5.41, 5.74) is 0.699. The third-order valence-electron chi connectivity index (χ3n) is 5.59. The summed E-state index contributed by atoms with van der Waals surface area (Å²) < 4.78 is 2.45. The quantitative estimate of drug-likeness (QED) is 0.541. The SMILES string of the molecule is CC(C)N1CC2(CCN(C3CCN(I)CC3)CC2)C1. The molecule has 0 saturated carbocycles. The number of hydrogen-bond donors (Lipinski definition) is 0. The molecule has 19 heavy (non-hydrogen) atoms. The second-order valence-electron chi connectivity index (χ2n) is 7.18. The summed E-state index contributed by atoms with van der Waals surface area (Å²) in [5.74, 6) is 0. The fraction of sp³-hybridized carbons (Fsp3) is 1.00. The number of hydrogen-bond acceptors (Lipinski definition) is 3. The van der Waals surface area contributed by atoms with Crippen molar-refractivity contribution in [3.05, 3.63) is 0 Å². The normalized spacial score (nSPS) is 30.9. The molecule has 0 radical (unpaired) electrons. The van der Waals surface area contributed by atoms with E-state index in [1.807, 2.05) is 0 Å². The molecule has 3 rings (SSSR count). The summed E-state index contributed by atoms with van der Waals surface area (Å²) in [6, 6.07) is 1.63. The fourth-order valence-corrected chi connectivity index (χ4v) is 4.62. The molecule has 3 aliphatic heterocycles. The van der Waals surface area contributed by atoms with Crippen LogP contribution in [-0.2, 0) is 0 Å². The van der Waals surface area contributed by atoms with Crippen LogP contribution in [0.4, 0.5) is 0 Å². The molecule has 0 atom stereocenters. The highest BCUT2D eigenvalue weighted by molar-refractivity contribution is 14.1. The van der Waals surface area contributed by atoms with Crippen LogP contribution in [0.3, 0.4) is 0 Å². The molecule has 0 amide bonds. The topological polar surface area (TPSA) is 9.72 Å². The zero-order chi connectivity index (χ0) is 13.5. The van der Waals surface area contributed by atoms with E-state index in [9.17, 15) is 0 Å². The Morgan fingerprint density at radius 1 is 1.00 bits per heavy atom. The molecule has 0 aliphatic carbocycles. The molecule has 3 fully saturated rings. The van der Waals surface area contributed by atoms with E-state index in [0.717, 1.165) is 12.1 Å². The molecular weight excluding hydrogens is 349 g/mol. The van der Waals surface area contributed by atoms with Gasteiger partial charge in [0.25, 0.3) is 0 Å². The monoisotopic (exact) mass is 377 g/mol. The first kappa shape index (κ1) is 14.5. The third kappa shape index (κ3) is 3.11. The standard InChI is InChI=1S/C15H28IN3/c1-13(2)18-11-15(12-18)5-9-17(10-6-15)14-3-7-19(16)8-4-14/h13-14H,3-12H2,1-2H3. The van der Waals surface area contributed by atoms with Gasteiger partial charge in [-0.25, -0.2) is 3.11 Å². The molecule has 1 spiro atoms. The lowest BCUT2D eigenvalue weighted by atomic mass is 9.71. The molecule has 110 valence electrons. The van der Waals surface area contributed by atoms with Gasteiger partial charge in [-0.15, -0.1) is 0 Å². The van der Waals surface area contributed by atoms with Crippen molar-refractivity contribution in [2.24, 2.45) is 5.41 Å². The van der Waals surface area contributed by atoms with E-state index >= 15 is 0 Å². The summed E-state index contributed by atoms with van der Waals surface area (Å²) in [5, 5.41) is 0. The minimum Gasteiger partial charge on any atom is -0.300 e. The smallest absolute Gasteiger partial charge is 0.0201 e. The van der Waals surface area contributed by atoms with Crippen molar-refractivity contribution in [2.45, 2.75) is 51.6 Å². The van der Waals surface area contributed by atoms with Crippen LogP contribution < -0.4 is 0 Å². The fourth-order valence-electron chi connectivity index (χ4n) is 4.06. The van der Waals surface area contributed by atoms with Gasteiger partial charge in [0, 0.05) is 61.1 Å². The number of nitrogens with zero attached hydrogens (tertiary/aromatic N) is 3. The van der Waals surface area contributed by atoms with Crippen LogP contribution in [0.5, 0.6) is 0 Å². The number of rotatable bonds is 2. The molecule has 0 bridgehead atoms. The predicted molar refractivity (Wildman–Crippen MR) is 88.6 cm³/mol. The lowest BCUT2D eigenvalue weighted by molar-refractivity contribution is -0.0704. The molecule has 3 heterocycles. The first-order valence-electron chi connectivity index (χ1n) is 7.97. The van der Waals surface area contributed by atoms with Gasteiger partial charge in [0.05, 0.1) is 0 Å². The highest BCUT2D eigenvalue weighted by Gasteiger charge is 2.46. The van der Waals surface area contributed by atoms with Crippen molar-refractivity contribution in [1.29, 1.82) is 0 Å². The van der Waals surface area contributed by atoms with Crippen LogP contribution in [0.1, 0.15) is 39.5 Å². The Balaban J connectivity index is 1.45. The van der Waals surface area contributed by atoms with Crippen LogP contribution >= 0.6 is 22.9 Å². The van der Waals surface area contributed by atoms with Crippen LogP contribution in [0.15, 0.2) is 0 Å². The lowest BCUT2D eigenvalue weighted by Crippen LogP contribution is -2.62. The molecule has 0 N–H and O–H groups in total. The van der Waals surface area contributed by atoms with Gasteiger partial charge in [0.2, 0.25) is 0 Å². The second kappa shape index (κ2) is 5.78. The minimum absolute atomic E-state index is 0.699. The zero-order valence-electron chi connectivity index (χ0n) is 12.4. The largest absolute Gasteiger partial charge is 0.300 e. The van der Waals surface area contributed by atoms with E-state index in [1.54, 1.807) is 0 Å². The van der Waals surface area contributed by atoms with Crippen molar-refractivity contribution in [2.75, 3.05) is 39.3 Å². The number of piperidine rings is 2. The third-order valence-corrected chi connectivity index (χ3v) is 6.56. The van der Waals surface area contributed by atoms with Gasteiger partial charge >= 0.3 is 0 Å². The van der Waals surface area contributed by atoms with E-state index < -0.39 is 0 Å². The Morgan fingerprint density at radius 2 is 1.58 bits per heavy atom. The lowest BCUT2D eigenvalue weighted by Gasteiger charge is -2.56. The van der Waals surface area contributed by atoms with Crippen molar-refractivity contribution in [1.82, 2.24) is 12.9 Å². The predicted octanol–water partition coefficient (Wildman–Crippen LogP) is 2.61. The van der Waals surface area contributed by atoms with Crippen LogP contribution in [0, 0.1) is 5.41 Å². The van der Waals surface area contributed by atoms with Crippen molar-refractivity contribution >= 4 is 22.9 Å². The minimum atomic E-state index is 0.699. The Bertz CT molecular complexity index is 297. The van der Waals surface area contributed by atoms with E-state index in [2.05, 4.69) is 49.6 Å². The van der Waals surface area contributed by atoms with Crippen molar-refractivity contribution < 1.29 is 0 Å². The molecule has 3 nitrogen and oxygen atoms in total.